The Balaban J connectivity index is 1.69. The highest BCUT2D eigenvalue weighted by Gasteiger charge is 2.26. The van der Waals surface area contributed by atoms with Gasteiger partial charge >= 0.3 is 0 Å². The van der Waals surface area contributed by atoms with Crippen molar-refractivity contribution in [3.05, 3.63) is 52.2 Å². The van der Waals surface area contributed by atoms with Gasteiger partial charge in [0.2, 0.25) is 0 Å². The maximum absolute atomic E-state index is 13.1. The summed E-state index contributed by atoms with van der Waals surface area (Å²) in [4.78, 5) is 17.9. The van der Waals surface area contributed by atoms with E-state index in [9.17, 15) is 13.6 Å². The van der Waals surface area contributed by atoms with Crippen molar-refractivity contribution < 1.29 is 18.3 Å². The molecule has 160 valence electrons. The lowest BCUT2D eigenvalue weighted by Gasteiger charge is -2.25. The van der Waals surface area contributed by atoms with Crippen LogP contribution in [0.25, 0.3) is 5.69 Å². The van der Waals surface area contributed by atoms with Crippen LogP contribution in [0.4, 0.5) is 8.78 Å². The van der Waals surface area contributed by atoms with Crippen LogP contribution in [-0.2, 0) is 4.74 Å². The Kier molecular flexibility index (Phi) is 6.11. The molecule has 0 spiro atoms. The normalized spacial score (nSPS) is 19.6. The minimum absolute atomic E-state index is 0.0460. The van der Waals surface area contributed by atoms with Gasteiger partial charge in [0.25, 0.3) is 11.2 Å². The topological polar surface area (TPSA) is 77.7 Å². The smallest absolute Gasteiger partial charge is 0.291 e. The molecule has 0 aliphatic carbocycles. The number of halogens is 2. The van der Waals surface area contributed by atoms with Crippen LogP contribution in [0.15, 0.2) is 40.2 Å². The number of ether oxygens (including phenoxy) is 2. The molecule has 2 aliphatic rings. The average Bonchev–Trinajstić information content (AvgIpc) is 3.27. The lowest BCUT2D eigenvalue weighted by atomic mass is 9.98. The maximum atomic E-state index is 13.1. The Bertz CT molecular complexity index is 969. The number of benzene rings is 1. The third-order valence-electron chi connectivity index (χ3n) is 5.11. The summed E-state index contributed by atoms with van der Waals surface area (Å²) in [6.07, 6.45) is 3.31. The van der Waals surface area contributed by atoms with Gasteiger partial charge in [-0.15, -0.1) is 0 Å². The summed E-state index contributed by atoms with van der Waals surface area (Å²) in [6.45, 7) is 1.11. The fraction of sp³-hybridized carbons (Fsp3) is 0.450. The van der Waals surface area contributed by atoms with Crippen LogP contribution >= 0.6 is 9.24 Å². The van der Waals surface area contributed by atoms with E-state index in [1.165, 1.54) is 15.3 Å². The highest BCUT2D eigenvalue weighted by molar-refractivity contribution is 7.18. The van der Waals surface area contributed by atoms with Crippen molar-refractivity contribution in [3.63, 3.8) is 0 Å². The molecule has 1 saturated heterocycles. The van der Waals surface area contributed by atoms with E-state index in [1.807, 2.05) is 0 Å². The molecule has 7 nitrogen and oxygen atoms in total. The second-order valence-corrected chi connectivity index (χ2v) is 8.23. The van der Waals surface area contributed by atoms with Crippen molar-refractivity contribution in [3.8, 4) is 11.4 Å². The average molecular weight is 436 g/mol. The van der Waals surface area contributed by atoms with Crippen molar-refractivity contribution in [1.82, 2.24) is 15.0 Å². The molecule has 2 aliphatic heterocycles. The lowest BCUT2D eigenvalue weighted by molar-refractivity contribution is 0.0462. The van der Waals surface area contributed by atoms with Crippen LogP contribution in [0.2, 0.25) is 0 Å². The summed E-state index contributed by atoms with van der Waals surface area (Å²) in [5.74, 6) is 1.03. The van der Waals surface area contributed by atoms with Gasteiger partial charge in [0.1, 0.15) is 11.6 Å². The minimum atomic E-state index is -3.00. The van der Waals surface area contributed by atoms with Gasteiger partial charge in [-0.3, -0.25) is 9.36 Å². The molecule has 1 fully saturated rings. The standard InChI is InChI=1S/C20H23F2N4O3P/c21-20(22,30)12-29-16-3-1-15(2-4-16)26-18(27)9-17(14-10-23-24-11-14)25-19(26)13-5-7-28-8-6-13/h1-4,9-10,13-14,24H,5-8,11-12,30H2. The summed E-state index contributed by atoms with van der Waals surface area (Å²) in [5.41, 5.74) is 1.02. The zero-order valence-corrected chi connectivity index (χ0v) is 17.4. The van der Waals surface area contributed by atoms with Gasteiger partial charge in [0, 0.05) is 38.0 Å². The van der Waals surface area contributed by atoms with E-state index < -0.39 is 12.3 Å². The van der Waals surface area contributed by atoms with Gasteiger partial charge in [-0.05, 0) is 37.1 Å². The Morgan fingerprint density at radius 2 is 2.00 bits per heavy atom. The van der Waals surface area contributed by atoms with Crippen LogP contribution in [0.1, 0.15) is 36.2 Å². The molecule has 2 aromatic rings. The third kappa shape index (κ3) is 4.84. The first-order valence-electron chi connectivity index (χ1n) is 9.78. The van der Waals surface area contributed by atoms with Crippen molar-refractivity contribution in [2.45, 2.75) is 30.3 Å². The number of hydrazone groups is 1. The summed E-state index contributed by atoms with van der Waals surface area (Å²) < 4.78 is 38.2. The van der Waals surface area contributed by atoms with E-state index >= 15 is 0 Å². The van der Waals surface area contributed by atoms with Crippen LogP contribution in [-0.4, -0.2) is 47.8 Å². The number of nitrogens with one attached hydrogen (secondary N) is 1. The van der Waals surface area contributed by atoms with Crippen molar-refractivity contribution in [1.29, 1.82) is 0 Å². The Morgan fingerprint density at radius 1 is 1.27 bits per heavy atom. The third-order valence-corrected chi connectivity index (χ3v) is 5.28. The highest BCUT2D eigenvalue weighted by Crippen LogP contribution is 2.29. The van der Waals surface area contributed by atoms with Gasteiger partial charge in [-0.25, -0.2) is 4.98 Å². The van der Waals surface area contributed by atoms with Crippen molar-refractivity contribution >= 4 is 15.5 Å². The number of aromatic nitrogens is 2. The first kappa shape index (κ1) is 20.9. The second kappa shape index (κ2) is 8.78. The van der Waals surface area contributed by atoms with Crippen molar-refractivity contribution in [2.24, 2.45) is 5.10 Å². The molecule has 0 amide bonds. The summed E-state index contributed by atoms with van der Waals surface area (Å²) in [6, 6.07) is 8.05. The lowest BCUT2D eigenvalue weighted by Crippen LogP contribution is -2.29. The molecule has 2 unspecified atom stereocenters. The predicted molar refractivity (Wildman–Crippen MR) is 112 cm³/mol. The number of hydrogen-bond donors (Lipinski definition) is 1. The summed E-state index contributed by atoms with van der Waals surface area (Å²) in [5, 5.41) is 4.03. The Hall–Kier alpha value is -2.38. The van der Waals surface area contributed by atoms with Gasteiger partial charge < -0.3 is 14.9 Å². The highest BCUT2D eigenvalue weighted by atomic mass is 31.0. The Labute approximate surface area is 174 Å². The SMILES string of the molecule is O=c1cc(C2C=NNC2)nc(C2CCOCC2)n1-c1ccc(OCC(F)(F)P)cc1. The molecule has 1 aromatic heterocycles. The summed E-state index contributed by atoms with van der Waals surface area (Å²) in [7, 11) is 1.45. The molecule has 10 heteroatoms. The minimum Gasteiger partial charge on any atom is -0.487 e. The van der Waals surface area contributed by atoms with E-state index in [0.717, 1.165) is 12.8 Å². The first-order chi connectivity index (χ1) is 14.4. The Morgan fingerprint density at radius 3 is 2.63 bits per heavy atom. The maximum Gasteiger partial charge on any atom is 0.291 e. The molecule has 30 heavy (non-hydrogen) atoms. The van der Waals surface area contributed by atoms with Gasteiger partial charge in [0.05, 0.1) is 17.3 Å². The number of nitrogens with zero attached hydrogens (tertiary/aromatic N) is 3. The molecule has 0 saturated carbocycles. The predicted octanol–water partition coefficient (Wildman–Crippen LogP) is 2.65. The van der Waals surface area contributed by atoms with Crippen LogP contribution in [0, 0.1) is 0 Å². The van der Waals surface area contributed by atoms with Crippen LogP contribution in [0.5, 0.6) is 5.75 Å². The number of rotatable bonds is 6. The quantitative estimate of drug-likeness (QED) is 0.705. The molecule has 1 N–H and O–H groups in total. The van der Waals surface area contributed by atoms with Gasteiger partial charge in [-0.1, -0.05) is 9.24 Å². The number of hydrogen-bond acceptors (Lipinski definition) is 6. The molecule has 0 bridgehead atoms. The molecule has 2 atom stereocenters. The second-order valence-electron chi connectivity index (χ2n) is 7.39. The zero-order valence-electron chi connectivity index (χ0n) is 16.3. The summed E-state index contributed by atoms with van der Waals surface area (Å²) >= 11 is 0. The van der Waals surface area contributed by atoms with Gasteiger partial charge in [-0.2, -0.15) is 13.9 Å². The largest absolute Gasteiger partial charge is 0.487 e. The molecule has 3 heterocycles. The van der Waals surface area contributed by atoms with E-state index in [0.29, 0.717) is 42.7 Å². The van der Waals surface area contributed by atoms with E-state index in [-0.39, 0.29) is 17.4 Å². The zero-order chi connectivity index (χ0) is 21.1. The monoisotopic (exact) mass is 436 g/mol. The molecule has 0 radical (unpaired) electrons. The molecular formula is C20H23F2N4O3P. The molecular weight excluding hydrogens is 413 g/mol. The number of alkyl halides is 2. The van der Waals surface area contributed by atoms with E-state index in [2.05, 4.69) is 10.5 Å². The molecule has 4 rings (SSSR count). The first-order valence-corrected chi connectivity index (χ1v) is 10.4. The van der Waals surface area contributed by atoms with Crippen LogP contribution < -0.4 is 15.7 Å². The van der Waals surface area contributed by atoms with Crippen LogP contribution in [0.3, 0.4) is 0 Å². The van der Waals surface area contributed by atoms with Crippen molar-refractivity contribution in [2.75, 3.05) is 26.4 Å². The molecule has 1 aromatic carbocycles. The van der Waals surface area contributed by atoms with Gasteiger partial charge in [0.15, 0.2) is 6.61 Å². The fourth-order valence-corrected chi connectivity index (χ4v) is 3.68. The van der Waals surface area contributed by atoms with E-state index in [1.54, 1.807) is 35.0 Å². The fourth-order valence-electron chi connectivity index (χ4n) is 3.60. The van der Waals surface area contributed by atoms with E-state index in [4.69, 9.17) is 14.5 Å².